The number of para-hydroxylation sites is 1. The summed E-state index contributed by atoms with van der Waals surface area (Å²) in [6.45, 7) is 8.95. The lowest BCUT2D eigenvalue weighted by molar-refractivity contribution is 0.357. The van der Waals surface area contributed by atoms with Gasteiger partial charge in [-0.3, -0.25) is 18.6 Å². The molecule has 0 unspecified atom stereocenters. The summed E-state index contributed by atoms with van der Waals surface area (Å²) < 4.78 is 10.3. The zero-order valence-electron chi connectivity index (χ0n) is 18.3. The third kappa shape index (κ3) is 3.91. The maximum Gasteiger partial charge on any atom is 0.332 e. The molecule has 1 aromatic carbocycles. The highest BCUT2D eigenvalue weighted by Crippen LogP contribution is 2.30. The molecule has 4 aromatic rings. The van der Waals surface area contributed by atoms with Crippen LogP contribution in [0.15, 0.2) is 58.1 Å². The molecule has 0 radical (unpaired) electrons. The topological polar surface area (TPSA) is 83.9 Å². The molecule has 32 heavy (non-hydrogen) atoms. The lowest BCUT2D eigenvalue weighted by atomic mass is 10.2. The summed E-state index contributed by atoms with van der Waals surface area (Å²) in [5.74, 6) is 0.916. The molecule has 3 aromatic heterocycles. The summed E-state index contributed by atoms with van der Waals surface area (Å²) in [4.78, 5) is 30.6. The van der Waals surface area contributed by atoms with E-state index in [1.54, 1.807) is 21.5 Å². The second-order valence-corrected chi connectivity index (χ2v) is 8.80. The van der Waals surface area contributed by atoms with E-state index in [4.69, 9.17) is 9.84 Å². The van der Waals surface area contributed by atoms with Crippen LogP contribution in [-0.4, -0.2) is 30.5 Å². The third-order valence-electron chi connectivity index (χ3n) is 5.06. The highest BCUT2D eigenvalue weighted by atomic mass is 32.1. The first-order chi connectivity index (χ1) is 15.4. The van der Waals surface area contributed by atoms with Crippen molar-refractivity contribution in [1.29, 1.82) is 0 Å². The SMILES string of the molecule is C=CCOc1ccccc1Cn1nc2c(c1-c1nccs1)c(=O)n(C)c(=O)n2CC(C)C. The van der Waals surface area contributed by atoms with Crippen LogP contribution >= 0.6 is 11.3 Å². The minimum Gasteiger partial charge on any atom is -0.489 e. The van der Waals surface area contributed by atoms with Crippen LogP contribution in [0.5, 0.6) is 5.75 Å². The predicted octanol–water partition coefficient (Wildman–Crippen LogP) is 3.29. The Kier molecular flexibility index (Phi) is 6.09. The Morgan fingerprint density at radius 3 is 2.72 bits per heavy atom. The van der Waals surface area contributed by atoms with E-state index in [2.05, 4.69) is 11.6 Å². The number of rotatable bonds is 8. The minimum atomic E-state index is -0.377. The van der Waals surface area contributed by atoms with Gasteiger partial charge < -0.3 is 4.74 Å². The van der Waals surface area contributed by atoms with Gasteiger partial charge in [0, 0.05) is 30.7 Å². The third-order valence-corrected chi connectivity index (χ3v) is 5.84. The number of nitrogens with zero attached hydrogens (tertiary/aromatic N) is 5. The van der Waals surface area contributed by atoms with Crippen LogP contribution in [0.4, 0.5) is 0 Å². The number of hydrogen-bond acceptors (Lipinski definition) is 6. The van der Waals surface area contributed by atoms with E-state index in [0.717, 1.165) is 10.1 Å². The predicted molar refractivity (Wildman–Crippen MR) is 126 cm³/mol. The number of fused-ring (bicyclic) bond motifs is 1. The lowest BCUT2D eigenvalue weighted by Gasteiger charge is -2.11. The second-order valence-electron chi connectivity index (χ2n) is 7.90. The molecular weight excluding hydrogens is 426 g/mol. The molecule has 0 amide bonds. The van der Waals surface area contributed by atoms with Gasteiger partial charge in [-0.15, -0.1) is 11.3 Å². The monoisotopic (exact) mass is 451 g/mol. The Balaban J connectivity index is 1.99. The van der Waals surface area contributed by atoms with E-state index < -0.39 is 0 Å². The van der Waals surface area contributed by atoms with Gasteiger partial charge in [0.2, 0.25) is 0 Å². The van der Waals surface area contributed by atoms with Crippen LogP contribution in [0.3, 0.4) is 0 Å². The van der Waals surface area contributed by atoms with Gasteiger partial charge in [-0.2, -0.15) is 5.10 Å². The first kappa shape index (κ1) is 21.8. The van der Waals surface area contributed by atoms with Crippen molar-refractivity contribution in [2.45, 2.75) is 26.9 Å². The zero-order chi connectivity index (χ0) is 22.8. The largest absolute Gasteiger partial charge is 0.489 e. The number of hydrogen-bond donors (Lipinski definition) is 0. The molecule has 0 saturated heterocycles. The lowest BCUT2D eigenvalue weighted by Crippen LogP contribution is -2.38. The molecule has 0 aliphatic rings. The number of thiazole rings is 1. The molecule has 0 N–H and O–H groups in total. The first-order valence-corrected chi connectivity index (χ1v) is 11.2. The molecule has 0 spiro atoms. The van der Waals surface area contributed by atoms with Crippen LogP contribution in [0.2, 0.25) is 0 Å². The number of aromatic nitrogens is 5. The first-order valence-electron chi connectivity index (χ1n) is 10.3. The molecule has 0 bridgehead atoms. The summed E-state index contributed by atoms with van der Waals surface area (Å²) in [5.41, 5.74) is 1.13. The van der Waals surface area contributed by atoms with E-state index in [9.17, 15) is 9.59 Å². The van der Waals surface area contributed by atoms with Gasteiger partial charge >= 0.3 is 5.69 Å². The Hall–Kier alpha value is -3.46. The zero-order valence-corrected chi connectivity index (χ0v) is 19.1. The number of ether oxygens (including phenoxy) is 1. The summed E-state index contributed by atoms with van der Waals surface area (Å²) in [5, 5.41) is 7.68. The summed E-state index contributed by atoms with van der Waals surface area (Å²) >= 11 is 1.42. The van der Waals surface area contributed by atoms with Crippen LogP contribution in [0.25, 0.3) is 21.7 Å². The van der Waals surface area contributed by atoms with Crippen molar-refractivity contribution in [3.8, 4) is 16.5 Å². The van der Waals surface area contributed by atoms with E-state index in [-0.39, 0.29) is 17.2 Å². The molecule has 9 heteroatoms. The van der Waals surface area contributed by atoms with Crippen LogP contribution in [-0.2, 0) is 20.1 Å². The van der Waals surface area contributed by atoms with Crippen molar-refractivity contribution in [3.63, 3.8) is 0 Å². The van der Waals surface area contributed by atoms with Crippen molar-refractivity contribution < 1.29 is 4.74 Å². The van der Waals surface area contributed by atoms with E-state index >= 15 is 0 Å². The van der Waals surface area contributed by atoms with Gasteiger partial charge in [-0.25, -0.2) is 9.78 Å². The molecule has 0 atom stereocenters. The van der Waals surface area contributed by atoms with Crippen molar-refractivity contribution >= 4 is 22.4 Å². The van der Waals surface area contributed by atoms with Crippen molar-refractivity contribution in [3.05, 3.63) is 74.9 Å². The maximum absolute atomic E-state index is 13.2. The van der Waals surface area contributed by atoms with E-state index in [0.29, 0.717) is 47.2 Å². The highest BCUT2D eigenvalue weighted by Gasteiger charge is 2.24. The standard InChI is InChI=1S/C23H25N5O3S/c1-5-11-31-17-9-7-6-8-16(17)14-28-19(21-24-10-12-32-21)18-20(25-28)27(13-15(2)3)23(30)26(4)22(18)29/h5-10,12,15H,1,11,13-14H2,2-4H3. The van der Waals surface area contributed by atoms with Crippen molar-refractivity contribution in [2.75, 3.05) is 6.61 Å². The van der Waals surface area contributed by atoms with Gasteiger partial charge in [0.15, 0.2) is 5.65 Å². The van der Waals surface area contributed by atoms with Gasteiger partial charge in [0.1, 0.15) is 28.4 Å². The van der Waals surface area contributed by atoms with Gasteiger partial charge in [-0.1, -0.05) is 44.7 Å². The molecule has 4 rings (SSSR count). The molecule has 3 heterocycles. The van der Waals surface area contributed by atoms with Crippen LogP contribution < -0.4 is 16.0 Å². The van der Waals surface area contributed by atoms with Crippen LogP contribution in [0, 0.1) is 5.92 Å². The quantitative estimate of drug-likeness (QED) is 0.384. The Morgan fingerprint density at radius 2 is 2.03 bits per heavy atom. The smallest absolute Gasteiger partial charge is 0.332 e. The average Bonchev–Trinajstić information content (AvgIpc) is 3.42. The summed E-state index contributed by atoms with van der Waals surface area (Å²) in [6, 6.07) is 7.67. The molecule has 0 fully saturated rings. The molecule has 8 nitrogen and oxygen atoms in total. The van der Waals surface area contributed by atoms with Gasteiger partial charge in [0.25, 0.3) is 5.56 Å². The second kappa shape index (κ2) is 8.96. The van der Waals surface area contributed by atoms with E-state index in [1.807, 2.05) is 43.5 Å². The molecule has 0 saturated carbocycles. The van der Waals surface area contributed by atoms with Gasteiger partial charge in [-0.05, 0) is 12.0 Å². The van der Waals surface area contributed by atoms with Gasteiger partial charge in [0.05, 0.1) is 6.54 Å². The highest BCUT2D eigenvalue weighted by molar-refractivity contribution is 7.13. The van der Waals surface area contributed by atoms with E-state index in [1.165, 1.54) is 18.4 Å². The van der Waals surface area contributed by atoms with Crippen LogP contribution in [0.1, 0.15) is 19.4 Å². The maximum atomic E-state index is 13.2. The Labute approximate surface area is 189 Å². The van der Waals surface area contributed by atoms with Crippen molar-refractivity contribution in [2.24, 2.45) is 13.0 Å². The average molecular weight is 452 g/mol. The fourth-order valence-corrected chi connectivity index (χ4v) is 4.34. The normalized spacial score (nSPS) is 11.4. The fraction of sp³-hybridized carbons (Fsp3) is 0.304. The molecule has 0 aliphatic carbocycles. The molecule has 166 valence electrons. The Morgan fingerprint density at radius 1 is 1.25 bits per heavy atom. The molecule has 0 aliphatic heterocycles. The molecular formula is C23H25N5O3S. The summed E-state index contributed by atoms with van der Waals surface area (Å²) in [7, 11) is 1.50. The Bertz CT molecular complexity index is 1380. The summed E-state index contributed by atoms with van der Waals surface area (Å²) in [6.07, 6.45) is 3.38. The van der Waals surface area contributed by atoms with Crippen molar-refractivity contribution in [1.82, 2.24) is 23.9 Å². The minimum absolute atomic E-state index is 0.204. The number of benzene rings is 1. The fourth-order valence-electron chi connectivity index (χ4n) is 3.65.